The molecule has 0 unspecified atom stereocenters. The first-order valence-electron chi connectivity index (χ1n) is 8.56. The Bertz CT molecular complexity index is 851. The van der Waals surface area contributed by atoms with Gasteiger partial charge in [-0.25, -0.2) is 0 Å². The summed E-state index contributed by atoms with van der Waals surface area (Å²) in [6.45, 7) is 3.06. The van der Waals surface area contributed by atoms with Crippen LogP contribution in [0.25, 0.3) is 0 Å². The minimum atomic E-state index is -0.412. The van der Waals surface area contributed by atoms with Gasteiger partial charge in [-0.05, 0) is 24.3 Å². The van der Waals surface area contributed by atoms with Crippen molar-refractivity contribution in [2.75, 3.05) is 33.3 Å². The number of piperazine rings is 1. The minimum absolute atomic E-state index is 0.0370. The maximum absolute atomic E-state index is 12.6. The highest BCUT2D eigenvalue weighted by Gasteiger charge is 2.23. The number of hydrogen-bond acceptors (Lipinski definition) is 5. The fourth-order valence-electron chi connectivity index (χ4n) is 3.16. The molecule has 1 fully saturated rings. The van der Waals surface area contributed by atoms with Crippen molar-refractivity contribution in [1.29, 1.82) is 0 Å². The summed E-state index contributed by atoms with van der Waals surface area (Å²) >= 11 is 5.97. The summed E-state index contributed by atoms with van der Waals surface area (Å²) in [7, 11) is 1.55. The molecule has 7 nitrogen and oxygen atoms in total. The quantitative estimate of drug-likeness (QED) is 0.579. The van der Waals surface area contributed by atoms with Gasteiger partial charge in [-0.2, -0.15) is 0 Å². The second-order valence-electron chi connectivity index (χ2n) is 6.33. The van der Waals surface area contributed by atoms with E-state index in [9.17, 15) is 14.9 Å². The maximum Gasteiger partial charge on any atom is 0.270 e. The van der Waals surface area contributed by atoms with Crippen molar-refractivity contribution < 1.29 is 14.5 Å². The van der Waals surface area contributed by atoms with Crippen molar-refractivity contribution >= 4 is 23.2 Å². The van der Waals surface area contributed by atoms with Crippen molar-refractivity contribution in [2.24, 2.45) is 0 Å². The number of amides is 1. The van der Waals surface area contributed by atoms with Crippen LogP contribution < -0.4 is 4.74 Å². The topological polar surface area (TPSA) is 75.9 Å². The van der Waals surface area contributed by atoms with Gasteiger partial charge < -0.3 is 9.64 Å². The second-order valence-corrected chi connectivity index (χ2v) is 6.77. The maximum atomic E-state index is 12.6. The number of carbonyl (C=O) groups excluding carboxylic acids is 1. The van der Waals surface area contributed by atoms with E-state index in [0.29, 0.717) is 49.1 Å². The number of non-ortho nitro benzene ring substituents is 1. The monoisotopic (exact) mass is 389 g/mol. The molecule has 2 aromatic rings. The summed E-state index contributed by atoms with van der Waals surface area (Å²) in [5, 5.41) is 11.6. The summed E-state index contributed by atoms with van der Waals surface area (Å²) in [5.74, 6) is 0.586. The predicted molar refractivity (Wildman–Crippen MR) is 102 cm³/mol. The first-order valence-corrected chi connectivity index (χ1v) is 8.94. The molecule has 0 radical (unpaired) electrons. The molecule has 0 saturated carbocycles. The number of nitro benzene ring substituents is 1. The second kappa shape index (κ2) is 8.37. The number of rotatable bonds is 5. The molecule has 1 saturated heterocycles. The smallest absolute Gasteiger partial charge is 0.270 e. The van der Waals surface area contributed by atoms with Crippen LogP contribution in [0.3, 0.4) is 0 Å². The zero-order valence-electron chi connectivity index (χ0n) is 14.9. The molecular formula is C19H20ClN3O4. The van der Waals surface area contributed by atoms with E-state index >= 15 is 0 Å². The number of nitrogens with zero attached hydrogens (tertiary/aromatic N) is 3. The molecule has 27 heavy (non-hydrogen) atoms. The number of carbonyl (C=O) groups is 1. The van der Waals surface area contributed by atoms with E-state index in [1.54, 1.807) is 48.4 Å². The third-order valence-electron chi connectivity index (χ3n) is 4.60. The van der Waals surface area contributed by atoms with Crippen LogP contribution in [0.15, 0.2) is 42.5 Å². The van der Waals surface area contributed by atoms with Crippen LogP contribution in [-0.2, 0) is 6.54 Å². The number of nitro groups is 1. The Morgan fingerprint density at radius 2 is 1.93 bits per heavy atom. The van der Waals surface area contributed by atoms with Crippen molar-refractivity contribution in [2.45, 2.75) is 6.54 Å². The molecule has 0 aromatic heterocycles. The lowest BCUT2D eigenvalue weighted by Crippen LogP contribution is -2.48. The number of hydrogen-bond donors (Lipinski definition) is 0. The normalized spacial score (nSPS) is 14.8. The van der Waals surface area contributed by atoms with Crippen LogP contribution >= 0.6 is 11.6 Å². The lowest BCUT2D eigenvalue weighted by atomic mass is 10.1. The van der Waals surface area contributed by atoms with Crippen LogP contribution in [0.1, 0.15) is 15.9 Å². The number of methoxy groups -OCH3 is 1. The van der Waals surface area contributed by atoms with Gasteiger partial charge in [-0.3, -0.25) is 19.8 Å². The van der Waals surface area contributed by atoms with E-state index in [1.807, 2.05) is 0 Å². The molecule has 0 N–H and O–H groups in total. The van der Waals surface area contributed by atoms with Crippen molar-refractivity contribution in [1.82, 2.24) is 9.80 Å². The number of ether oxygens (including phenoxy) is 1. The molecule has 1 aliphatic heterocycles. The van der Waals surface area contributed by atoms with E-state index in [1.165, 1.54) is 6.07 Å². The van der Waals surface area contributed by atoms with Crippen LogP contribution in [0, 0.1) is 10.1 Å². The van der Waals surface area contributed by atoms with Gasteiger partial charge >= 0.3 is 0 Å². The average molecular weight is 390 g/mol. The largest absolute Gasteiger partial charge is 0.496 e. The van der Waals surface area contributed by atoms with Gasteiger partial charge in [0.15, 0.2) is 0 Å². The van der Waals surface area contributed by atoms with Gasteiger partial charge in [0.25, 0.3) is 11.6 Å². The molecule has 0 bridgehead atoms. The first-order chi connectivity index (χ1) is 13.0. The molecule has 1 aliphatic rings. The highest BCUT2D eigenvalue weighted by molar-refractivity contribution is 6.30. The van der Waals surface area contributed by atoms with E-state index in [2.05, 4.69) is 4.90 Å². The standard InChI is InChI=1S/C19H20ClN3O4/c1-27-18-6-5-17(23(25)26)12-15(18)13-21-7-9-22(10-8-21)19(24)14-3-2-4-16(20)11-14/h2-6,11-12H,7-10,13H2,1H3. The predicted octanol–water partition coefficient (Wildman–Crippen LogP) is 3.21. The summed E-state index contributed by atoms with van der Waals surface area (Å²) in [6, 6.07) is 11.5. The number of benzene rings is 2. The molecule has 0 aliphatic carbocycles. The van der Waals surface area contributed by atoms with Gasteiger partial charge in [0.05, 0.1) is 12.0 Å². The van der Waals surface area contributed by atoms with Gasteiger partial charge in [-0.1, -0.05) is 17.7 Å². The van der Waals surface area contributed by atoms with Crippen molar-refractivity contribution in [3.05, 3.63) is 68.7 Å². The van der Waals surface area contributed by atoms with Crippen LogP contribution in [0.4, 0.5) is 5.69 Å². The Labute approximate surface area is 162 Å². The fraction of sp³-hybridized carbons (Fsp3) is 0.316. The molecule has 0 atom stereocenters. The summed E-state index contributed by atoms with van der Waals surface area (Å²) in [4.78, 5) is 27.2. The highest BCUT2D eigenvalue weighted by Crippen LogP contribution is 2.26. The highest BCUT2D eigenvalue weighted by atomic mass is 35.5. The fourth-order valence-corrected chi connectivity index (χ4v) is 3.35. The molecule has 142 valence electrons. The average Bonchev–Trinajstić information content (AvgIpc) is 2.68. The Kier molecular flexibility index (Phi) is 5.93. The Morgan fingerprint density at radius 3 is 2.56 bits per heavy atom. The van der Waals surface area contributed by atoms with E-state index in [0.717, 1.165) is 5.56 Å². The third kappa shape index (κ3) is 4.56. The molecular weight excluding hydrogens is 370 g/mol. The molecule has 1 amide bonds. The molecule has 3 rings (SSSR count). The van der Waals surface area contributed by atoms with Gasteiger partial charge in [-0.15, -0.1) is 0 Å². The minimum Gasteiger partial charge on any atom is -0.496 e. The SMILES string of the molecule is COc1ccc([N+](=O)[O-])cc1CN1CCN(C(=O)c2cccc(Cl)c2)CC1. The van der Waals surface area contributed by atoms with E-state index < -0.39 is 4.92 Å². The molecule has 8 heteroatoms. The van der Waals surface area contributed by atoms with Crippen LogP contribution in [-0.4, -0.2) is 53.9 Å². The number of halogens is 1. The van der Waals surface area contributed by atoms with Crippen LogP contribution in [0.5, 0.6) is 5.75 Å². The molecule has 0 spiro atoms. The Morgan fingerprint density at radius 1 is 1.19 bits per heavy atom. The summed E-state index contributed by atoms with van der Waals surface area (Å²) in [6.07, 6.45) is 0. The van der Waals surface area contributed by atoms with Gasteiger partial charge in [0, 0.05) is 61.0 Å². The lowest BCUT2D eigenvalue weighted by molar-refractivity contribution is -0.385. The zero-order chi connectivity index (χ0) is 19.4. The third-order valence-corrected chi connectivity index (χ3v) is 4.83. The summed E-state index contributed by atoms with van der Waals surface area (Å²) in [5.41, 5.74) is 1.39. The lowest BCUT2D eigenvalue weighted by Gasteiger charge is -2.35. The summed E-state index contributed by atoms with van der Waals surface area (Å²) < 4.78 is 5.32. The van der Waals surface area contributed by atoms with Crippen molar-refractivity contribution in [3.8, 4) is 5.75 Å². The van der Waals surface area contributed by atoms with Gasteiger partial charge in [0.1, 0.15) is 5.75 Å². The first kappa shape index (κ1) is 19.1. The Balaban J connectivity index is 1.64. The van der Waals surface area contributed by atoms with E-state index in [4.69, 9.17) is 16.3 Å². The van der Waals surface area contributed by atoms with Gasteiger partial charge in [0.2, 0.25) is 0 Å². The van der Waals surface area contributed by atoms with Crippen molar-refractivity contribution in [3.63, 3.8) is 0 Å². The molecule has 1 heterocycles. The Hall–Kier alpha value is -2.64. The zero-order valence-corrected chi connectivity index (χ0v) is 15.7. The van der Waals surface area contributed by atoms with Crippen LogP contribution in [0.2, 0.25) is 5.02 Å². The van der Waals surface area contributed by atoms with E-state index in [-0.39, 0.29) is 11.6 Å². The molecule has 2 aromatic carbocycles.